The molecule has 0 unspecified atom stereocenters. The normalized spacial score (nSPS) is 15.2. The van der Waals surface area contributed by atoms with Gasteiger partial charge in [-0.05, 0) is 30.7 Å². The number of amides is 1. The van der Waals surface area contributed by atoms with E-state index in [2.05, 4.69) is 40.2 Å². The Kier molecular flexibility index (Phi) is 5.36. The number of carbonyl (C=O) groups excluding carboxylic acids is 1. The number of hydrogen-bond acceptors (Lipinski definition) is 5. The Morgan fingerprint density at radius 1 is 1.07 bits per heavy atom. The lowest BCUT2D eigenvalue weighted by atomic mass is 10.2. The third kappa shape index (κ3) is 4.12. The standard InChI is InChI=1S/C21H24N4OS/c1-16-6-5-9-18-19(16)23-21(27-18)25-14-12-24(13-15-25)11-10-22-20(26)17-7-3-2-4-8-17/h2-9H,10-15H2,1H3,(H,22,26). The van der Waals surface area contributed by atoms with Gasteiger partial charge >= 0.3 is 0 Å². The molecule has 1 aromatic heterocycles. The summed E-state index contributed by atoms with van der Waals surface area (Å²) in [4.78, 5) is 21.7. The molecule has 0 aliphatic carbocycles. The van der Waals surface area contributed by atoms with Crippen molar-refractivity contribution in [1.29, 1.82) is 0 Å². The molecule has 0 bridgehead atoms. The number of piperazine rings is 1. The van der Waals surface area contributed by atoms with E-state index in [-0.39, 0.29) is 5.91 Å². The highest BCUT2D eigenvalue weighted by molar-refractivity contribution is 7.22. The fourth-order valence-corrected chi connectivity index (χ4v) is 4.49. The molecule has 1 aliphatic heterocycles. The molecule has 1 amide bonds. The first-order valence-corrected chi connectivity index (χ1v) is 10.2. The van der Waals surface area contributed by atoms with E-state index >= 15 is 0 Å². The number of rotatable bonds is 5. The summed E-state index contributed by atoms with van der Waals surface area (Å²) in [5.41, 5.74) is 3.08. The van der Waals surface area contributed by atoms with Crippen molar-refractivity contribution < 1.29 is 4.79 Å². The van der Waals surface area contributed by atoms with Gasteiger partial charge in [-0.25, -0.2) is 4.98 Å². The van der Waals surface area contributed by atoms with Gasteiger partial charge in [0.25, 0.3) is 5.91 Å². The van der Waals surface area contributed by atoms with Crippen LogP contribution < -0.4 is 10.2 Å². The molecular weight excluding hydrogens is 356 g/mol. The average Bonchev–Trinajstić information content (AvgIpc) is 3.15. The van der Waals surface area contributed by atoms with Gasteiger partial charge in [0.15, 0.2) is 5.13 Å². The molecule has 5 nitrogen and oxygen atoms in total. The molecule has 0 atom stereocenters. The van der Waals surface area contributed by atoms with Gasteiger partial charge in [0.1, 0.15) is 0 Å². The zero-order valence-corrected chi connectivity index (χ0v) is 16.3. The maximum atomic E-state index is 12.1. The quantitative estimate of drug-likeness (QED) is 0.739. The molecule has 1 fully saturated rings. The summed E-state index contributed by atoms with van der Waals surface area (Å²) in [5.74, 6) is -0.000851. The molecule has 3 aromatic rings. The lowest BCUT2D eigenvalue weighted by molar-refractivity contribution is 0.0948. The molecule has 0 spiro atoms. The first-order valence-electron chi connectivity index (χ1n) is 9.37. The van der Waals surface area contributed by atoms with Crippen LogP contribution in [0.15, 0.2) is 48.5 Å². The van der Waals surface area contributed by atoms with Crippen molar-refractivity contribution in [2.75, 3.05) is 44.2 Å². The monoisotopic (exact) mass is 380 g/mol. The summed E-state index contributed by atoms with van der Waals surface area (Å²) in [6.45, 7) is 7.62. The molecular formula is C21H24N4OS. The van der Waals surface area contributed by atoms with Crippen LogP contribution in [0.4, 0.5) is 5.13 Å². The average molecular weight is 381 g/mol. The largest absolute Gasteiger partial charge is 0.351 e. The summed E-state index contributed by atoms with van der Waals surface area (Å²) < 4.78 is 1.26. The van der Waals surface area contributed by atoms with Gasteiger partial charge in [0.2, 0.25) is 0 Å². The van der Waals surface area contributed by atoms with E-state index in [0.717, 1.165) is 43.4 Å². The second-order valence-electron chi connectivity index (χ2n) is 6.87. The zero-order valence-electron chi connectivity index (χ0n) is 15.5. The van der Waals surface area contributed by atoms with Crippen molar-refractivity contribution in [2.24, 2.45) is 0 Å². The van der Waals surface area contributed by atoms with E-state index in [1.54, 1.807) is 11.3 Å². The van der Waals surface area contributed by atoms with E-state index < -0.39 is 0 Å². The lowest BCUT2D eigenvalue weighted by Crippen LogP contribution is -2.48. The van der Waals surface area contributed by atoms with Crippen LogP contribution in [0.3, 0.4) is 0 Å². The van der Waals surface area contributed by atoms with Crippen molar-refractivity contribution in [1.82, 2.24) is 15.2 Å². The van der Waals surface area contributed by atoms with Crippen molar-refractivity contribution in [3.63, 3.8) is 0 Å². The number of nitrogens with zero attached hydrogens (tertiary/aromatic N) is 3. The number of anilines is 1. The summed E-state index contributed by atoms with van der Waals surface area (Å²) in [6.07, 6.45) is 0. The maximum Gasteiger partial charge on any atom is 0.251 e. The second kappa shape index (κ2) is 8.06. The van der Waals surface area contributed by atoms with Gasteiger partial charge < -0.3 is 10.2 Å². The number of para-hydroxylation sites is 1. The van der Waals surface area contributed by atoms with Gasteiger partial charge in [-0.2, -0.15) is 0 Å². The highest BCUT2D eigenvalue weighted by atomic mass is 32.1. The number of aryl methyl sites for hydroxylation is 1. The number of benzene rings is 2. The van der Waals surface area contributed by atoms with E-state index in [9.17, 15) is 4.79 Å². The Balaban J connectivity index is 1.26. The number of thiazole rings is 1. The van der Waals surface area contributed by atoms with Crippen LogP contribution in [0, 0.1) is 6.92 Å². The van der Waals surface area contributed by atoms with Crippen LogP contribution in [0.2, 0.25) is 0 Å². The molecule has 2 heterocycles. The van der Waals surface area contributed by atoms with Gasteiger partial charge in [0.05, 0.1) is 10.2 Å². The van der Waals surface area contributed by atoms with Crippen LogP contribution in [0.5, 0.6) is 0 Å². The first-order chi connectivity index (χ1) is 13.2. The molecule has 0 radical (unpaired) electrons. The SMILES string of the molecule is Cc1cccc2sc(N3CCN(CCNC(=O)c4ccccc4)CC3)nc12. The van der Waals surface area contributed by atoms with Crippen molar-refractivity contribution in [3.8, 4) is 0 Å². The molecule has 0 saturated carbocycles. The van der Waals surface area contributed by atoms with Crippen LogP contribution in [0.1, 0.15) is 15.9 Å². The third-order valence-electron chi connectivity index (χ3n) is 5.00. The number of carbonyl (C=O) groups is 1. The predicted octanol–water partition coefficient (Wildman–Crippen LogP) is 3.16. The lowest BCUT2D eigenvalue weighted by Gasteiger charge is -2.34. The summed E-state index contributed by atoms with van der Waals surface area (Å²) in [7, 11) is 0. The minimum absolute atomic E-state index is 0.000851. The molecule has 2 aromatic carbocycles. The zero-order chi connectivity index (χ0) is 18.6. The topological polar surface area (TPSA) is 48.5 Å². The van der Waals surface area contributed by atoms with E-state index in [0.29, 0.717) is 12.1 Å². The summed E-state index contributed by atoms with van der Waals surface area (Å²) in [5, 5.41) is 4.13. The molecule has 27 heavy (non-hydrogen) atoms. The summed E-state index contributed by atoms with van der Waals surface area (Å²) in [6, 6.07) is 15.7. The number of hydrogen-bond donors (Lipinski definition) is 1. The molecule has 1 aliphatic rings. The van der Waals surface area contributed by atoms with Gasteiger partial charge in [-0.3, -0.25) is 9.69 Å². The van der Waals surface area contributed by atoms with Gasteiger partial charge in [-0.15, -0.1) is 0 Å². The van der Waals surface area contributed by atoms with Gasteiger partial charge in [0, 0.05) is 44.8 Å². The van der Waals surface area contributed by atoms with E-state index in [1.165, 1.54) is 10.3 Å². The Morgan fingerprint density at radius 3 is 2.59 bits per heavy atom. The maximum absolute atomic E-state index is 12.1. The number of nitrogens with one attached hydrogen (secondary N) is 1. The van der Waals surface area contributed by atoms with Crippen LogP contribution in [0.25, 0.3) is 10.2 Å². The molecule has 1 saturated heterocycles. The van der Waals surface area contributed by atoms with E-state index in [4.69, 9.17) is 4.98 Å². The Morgan fingerprint density at radius 2 is 1.85 bits per heavy atom. The van der Waals surface area contributed by atoms with Crippen molar-refractivity contribution in [3.05, 3.63) is 59.7 Å². The van der Waals surface area contributed by atoms with Crippen LogP contribution in [-0.4, -0.2) is 55.1 Å². The fraction of sp³-hybridized carbons (Fsp3) is 0.333. The number of aromatic nitrogens is 1. The molecule has 6 heteroatoms. The highest BCUT2D eigenvalue weighted by Crippen LogP contribution is 2.30. The van der Waals surface area contributed by atoms with E-state index in [1.807, 2.05) is 30.3 Å². The van der Waals surface area contributed by atoms with Crippen molar-refractivity contribution >= 4 is 32.6 Å². The summed E-state index contributed by atoms with van der Waals surface area (Å²) >= 11 is 1.78. The Hall–Kier alpha value is -2.44. The molecule has 1 N–H and O–H groups in total. The molecule has 4 rings (SSSR count). The Labute approximate surface area is 163 Å². The Bertz CT molecular complexity index is 916. The highest BCUT2D eigenvalue weighted by Gasteiger charge is 2.20. The smallest absolute Gasteiger partial charge is 0.251 e. The van der Waals surface area contributed by atoms with Gasteiger partial charge in [-0.1, -0.05) is 41.7 Å². The van der Waals surface area contributed by atoms with Crippen LogP contribution >= 0.6 is 11.3 Å². The van der Waals surface area contributed by atoms with Crippen LogP contribution in [-0.2, 0) is 0 Å². The predicted molar refractivity (Wildman–Crippen MR) is 112 cm³/mol. The van der Waals surface area contributed by atoms with Crippen molar-refractivity contribution in [2.45, 2.75) is 6.92 Å². The fourth-order valence-electron chi connectivity index (χ4n) is 3.39. The second-order valence-corrected chi connectivity index (χ2v) is 7.88. The minimum atomic E-state index is -0.000851. The molecule has 140 valence electrons. The minimum Gasteiger partial charge on any atom is -0.351 e. The number of fused-ring (bicyclic) bond motifs is 1. The first kappa shape index (κ1) is 17.9. The third-order valence-corrected chi connectivity index (χ3v) is 6.08.